The predicted octanol–water partition coefficient (Wildman–Crippen LogP) is 4.08. The van der Waals surface area contributed by atoms with E-state index >= 15 is 0 Å². The fourth-order valence-corrected chi connectivity index (χ4v) is 4.02. The summed E-state index contributed by atoms with van der Waals surface area (Å²) in [6, 6.07) is 4.39. The maximum atomic E-state index is 14.7. The first-order valence-corrected chi connectivity index (χ1v) is 9.49. The van der Waals surface area contributed by atoms with E-state index in [0.29, 0.717) is 16.7 Å². The van der Waals surface area contributed by atoms with Crippen molar-refractivity contribution in [3.8, 4) is 0 Å². The second-order valence-corrected chi connectivity index (χ2v) is 8.39. The maximum absolute atomic E-state index is 14.7. The summed E-state index contributed by atoms with van der Waals surface area (Å²) in [6.07, 6.45) is 0.744. The lowest BCUT2D eigenvalue weighted by atomic mass is 9.70. The molecule has 1 heterocycles. The molecule has 0 aromatic heterocycles. The van der Waals surface area contributed by atoms with Crippen LogP contribution in [0.1, 0.15) is 45.1 Å². The van der Waals surface area contributed by atoms with Gasteiger partial charge in [0.05, 0.1) is 12.5 Å². The van der Waals surface area contributed by atoms with Crippen LogP contribution in [0.2, 0.25) is 0 Å². The first-order chi connectivity index (χ1) is 12.6. The number of carbonyl (C=O) groups is 2. The smallest absolute Gasteiger partial charge is 0.340 e. The highest BCUT2D eigenvalue weighted by molar-refractivity contribution is 9.10. The fourth-order valence-electron chi connectivity index (χ4n) is 3.64. The van der Waals surface area contributed by atoms with Gasteiger partial charge in [-0.2, -0.15) is 0 Å². The lowest BCUT2D eigenvalue weighted by molar-refractivity contribution is -0.139. The van der Waals surface area contributed by atoms with E-state index in [0.717, 1.165) is 0 Å². The molecule has 7 heteroatoms. The zero-order valence-electron chi connectivity index (χ0n) is 15.4. The lowest BCUT2D eigenvalue weighted by Crippen LogP contribution is -2.36. The number of nitrogens with two attached hydrogens (primary N) is 1. The Labute approximate surface area is 165 Å². The summed E-state index contributed by atoms with van der Waals surface area (Å²) in [5.41, 5.74) is 6.16. The highest BCUT2D eigenvalue weighted by Crippen LogP contribution is 2.48. The highest BCUT2D eigenvalue weighted by Gasteiger charge is 2.45. The Kier molecular flexibility index (Phi) is 5.16. The van der Waals surface area contributed by atoms with Crippen LogP contribution in [0.4, 0.5) is 4.39 Å². The van der Waals surface area contributed by atoms with Gasteiger partial charge in [-0.25, -0.2) is 9.18 Å². The minimum absolute atomic E-state index is 0.0411. The molecule has 0 radical (unpaired) electrons. The number of Topliss-reactive ketones (excluding diaryl/α,β-unsaturated/α-hetero) is 1. The number of rotatable bonds is 3. The Morgan fingerprint density at radius 2 is 2.11 bits per heavy atom. The third-order valence-electron chi connectivity index (χ3n) is 4.72. The van der Waals surface area contributed by atoms with Gasteiger partial charge in [-0.3, -0.25) is 4.79 Å². The SMILES string of the molecule is CCOC(=O)C1=C(N)OC2=C(C(=O)CC(C)(C)C2)[C@@H]1c1cc(Br)ccc1F. The third-order valence-corrected chi connectivity index (χ3v) is 5.21. The van der Waals surface area contributed by atoms with E-state index in [1.807, 2.05) is 13.8 Å². The van der Waals surface area contributed by atoms with Gasteiger partial charge in [0, 0.05) is 28.5 Å². The number of ketones is 1. The quantitative estimate of drug-likeness (QED) is 0.720. The third kappa shape index (κ3) is 3.65. The van der Waals surface area contributed by atoms with Crippen LogP contribution in [0.3, 0.4) is 0 Å². The van der Waals surface area contributed by atoms with Crippen molar-refractivity contribution >= 4 is 27.7 Å². The average Bonchev–Trinajstić information content (AvgIpc) is 2.54. The van der Waals surface area contributed by atoms with Gasteiger partial charge in [-0.1, -0.05) is 29.8 Å². The van der Waals surface area contributed by atoms with Crippen LogP contribution >= 0.6 is 15.9 Å². The van der Waals surface area contributed by atoms with Crippen LogP contribution in [-0.2, 0) is 19.1 Å². The molecule has 5 nitrogen and oxygen atoms in total. The van der Waals surface area contributed by atoms with E-state index in [2.05, 4.69) is 15.9 Å². The van der Waals surface area contributed by atoms with E-state index in [1.165, 1.54) is 6.07 Å². The highest BCUT2D eigenvalue weighted by atomic mass is 79.9. The maximum Gasteiger partial charge on any atom is 0.340 e. The van der Waals surface area contributed by atoms with E-state index in [-0.39, 0.29) is 46.8 Å². The number of carbonyl (C=O) groups excluding carboxylic acids is 2. The van der Waals surface area contributed by atoms with E-state index in [9.17, 15) is 14.0 Å². The number of ether oxygens (including phenoxy) is 2. The Morgan fingerprint density at radius 1 is 1.41 bits per heavy atom. The van der Waals surface area contributed by atoms with Crippen LogP contribution in [0.25, 0.3) is 0 Å². The molecule has 2 aliphatic rings. The van der Waals surface area contributed by atoms with E-state index < -0.39 is 17.7 Å². The summed E-state index contributed by atoms with van der Waals surface area (Å²) in [7, 11) is 0. The van der Waals surface area contributed by atoms with Gasteiger partial charge < -0.3 is 15.2 Å². The van der Waals surface area contributed by atoms with Gasteiger partial charge >= 0.3 is 5.97 Å². The lowest BCUT2D eigenvalue weighted by Gasteiger charge is -2.38. The first kappa shape index (κ1) is 19.6. The molecule has 1 atom stereocenters. The van der Waals surface area contributed by atoms with Gasteiger partial charge in [0.15, 0.2) is 5.78 Å². The monoisotopic (exact) mass is 437 g/mol. The summed E-state index contributed by atoms with van der Waals surface area (Å²) < 4.78 is 26.1. The van der Waals surface area contributed by atoms with E-state index in [4.69, 9.17) is 15.2 Å². The Hall–Kier alpha value is -2.15. The molecule has 144 valence electrons. The van der Waals surface area contributed by atoms with E-state index in [1.54, 1.807) is 19.1 Å². The standard InChI is InChI=1S/C20H21BrFNO4/c1-4-26-19(25)17-15(11-7-10(21)5-6-12(11)22)16-13(24)8-20(2,3)9-14(16)27-18(17)23/h5-7,15H,4,8-9,23H2,1-3H3/t15-/m0/s1. The van der Waals surface area contributed by atoms with Crippen LogP contribution in [-0.4, -0.2) is 18.4 Å². The molecule has 1 aliphatic carbocycles. The minimum Gasteiger partial charge on any atom is -0.462 e. The van der Waals surface area contributed by atoms with Crippen LogP contribution in [0.15, 0.2) is 45.5 Å². The minimum atomic E-state index is -0.964. The Balaban J connectivity index is 2.24. The molecule has 0 amide bonds. The first-order valence-electron chi connectivity index (χ1n) is 8.70. The van der Waals surface area contributed by atoms with Gasteiger partial charge in [0.25, 0.3) is 0 Å². The topological polar surface area (TPSA) is 78.6 Å². The van der Waals surface area contributed by atoms with Gasteiger partial charge in [-0.05, 0) is 30.5 Å². The number of halogens is 2. The van der Waals surface area contributed by atoms with Crippen molar-refractivity contribution in [2.24, 2.45) is 11.1 Å². The van der Waals surface area contributed by atoms with Crippen molar-refractivity contribution in [2.45, 2.75) is 39.5 Å². The molecule has 0 saturated carbocycles. The molecular weight excluding hydrogens is 417 g/mol. The molecule has 0 fully saturated rings. The van der Waals surface area contributed by atoms with Crippen LogP contribution in [0, 0.1) is 11.2 Å². The largest absolute Gasteiger partial charge is 0.462 e. The number of esters is 1. The molecular formula is C20H21BrFNO4. The summed E-state index contributed by atoms with van der Waals surface area (Å²) in [5, 5.41) is 0. The number of hydrogen-bond donors (Lipinski definition) is 1. The van der Waals surface area contributed by atoms with Gasteiger partial charge in [-0.15, -0.1) is 0 Å². The second kappa shape index (κ2) is 7.11. The molecule has 0 unspecified atom stereocenters. The van der Waals surface area contributed by atoms with Crippen molar-refractivity contribution in [3.63, 3.8) is 0 Å². The molecule has 27 heavy (non-hydrogen) atoms. The summed E-state index contributed by atoms with van der Waals surface area (Å²) >= 11 is 3.32. The second-order valence-electron chi connectivity index (χ2n) is 7.48. The molecule has 2 N–H and O–H groups in total. The van der Waals surface area contributed by atoms with Gasteiger partial charge in [0.2, 0.25) is 5.88 Å². The van der Waals surface area contributed by atoms with Crippen molar-refractivity contribution in [1.29, 1.82) is 0 Å². The average molecular weight is 438 g/mol. The number of hydrogen-bond acceptors (Lipinski definition) is 5. The van der Waals surface area contributed by atoms with Crippen LogP contribution in [0.5, 0.6) is 0 Å². The number of allylic oxidation sites excluding steroid dienone is 2. The van der Waals surface area contributed by atoms with Gasteiger partial charge in [0.1, 0.15) is 17.1 Å². The van der Waals surface area contributed by atoms with Crippen LogP contribution < -0.4 is 5.73 Å². The normalized spacial score (nSPS) is 21.7. The van der Waals surface area contributed by atoms with Crippen molar-refractivity contribution in [3.05, 3.63) is 56.8 Å². The summed E-state index contributed by atoms with van der Waals surface area (Å²) in [5.74, 6) is -2.16. The Morgan fingerprint density at radius 3 is 2.78 bits per heavy atom. The molecule has 1 aliphatic heterocycles. The molecule has 0 saturated heterocycles. The molecule has 0 spiro atoms. The predicted molar refractivity (Wildman–Crippen MR) is 101 cm³/mol. The Bertz CT molecular complexity index is 888. The number of benzene rings is 1. The van der Waals surface area contributed by atoms with Crippen molar-refractivity contribution in [1.82, 2.24) is 0 Å². The van der Waals surface area contributed by atoms with Crippen molar-refractivity contribution < 1.29 is 23.5 Å². The summed E-state index contributed by atoms with van der Waals surface area (Å²) in [6.45, 7) is 5.68. The molecule has 1 aromatic rings. The van der Waals surface area contributed by atoms with Crippen molar-refractivity contribution in [2.75, 3.05) is 6.61 Å². The molecule has 0 bridgehead atoms. The molecule has 3 rings (SSSR count). The zero-order valence-corrected chi connectivity index (χ0v) is 17.0. The fraction of sp³-hybridized carbons (Fsp3) is 0.400. The zero-order chi connectivity index (χ0) is 19.9. The molecule has 1 aromatic carbocycles. The summed E-state index contributed by atoms with van der Waals surface area (Å²) in [4.78, 5) is 25.6.